The molecular formula is C18H26BrN3O4S. The van der Waals surface area contributed by atoms with Crippen molar-refractivity contribution in [3.63, 3.8) is 0 Å². The smallest absolute Gasteiger partial charge is 0.243 e. The fourth-order valence-corrected chi connectivity index (χ4v) is 4.64. The Kier molecular flexibility index (Phi) is 7.81. The van der Waals surface area contributed by atoms with Crippen LogP contribution in [0.5, 0.6) is 0 Å². The lowest BCUT2D eigenvalue weighted by atomic mass is 9.99. The van der Waals surface area contributed by atoms with Crippen LogP contribution in [0.25, 0.3) is 0 Å². The number of amides is 2. The molecule has 0 bridgehead atoms. The summed E-state index contributed by atoms with van der Waals surface area (Å²) in [6.45, 7) is 4.87. The Hall–Kier alpha value is -1.45. The molecule has 1 aromatic carbocycles. The molecule has 0 saturated carbocycles. The number of hydrogen-bond acceptors (Lipinski definition) is 4. The van der Waals surface area contributed by atoms with Crippen LogP contribution in [-0.2, 0) is 19.6 Å². The van der Waals surface area contributed by atoms with Gasteiger partial charge in [0.1, 0.15) is 0 Å². The van der Waals surface area contributed by atoms with Gasteiger partial charge in [0.25, 0.3) is 0 Å². The highest BCUT2D eigenvalue weighted by Gasteiger charge is 2.33. The molecule has 150 valence electrons. The summed E-state index contributed by atoms with van der Waals surface area (Å²) in [5.74, 6) is -0.723. The Labute approximate surface area is 169 Å². The molecule has 2 rings (SSSR count). The lowest BCUT2D eigenvalue weighted by Crippen LogP contribution is -2.46. The largest absolute Gasteiger partial charge is 0.354 e. The third-order valence-electron chi connectivity index (χ3n) is 4.45. The first-order valence-corrected chi connectivity index (χ1v) is 11.3. The summed E-state index contributed by atoms with van der Waals surface area (Å²) in [6.07, 6.45) is 1.29. The van der Waals surface area contributed by atoms with E-state index in [0.717, 1.165) is 4.47 Å². The monoisotopic (exact) mass is 459 g/mol. The zero-order chi connectivity index (χ0) is 20.0. The summed E-state index contributed by atoms with van der Waals surface area (Å²) in [6, 6.07) is 6.49. The highest BCUT2D eigenvalue weighted by Crippen LogP contribution is 2.24. The van der Waals surface area contributed by atoms with Crippen molar-refractivity contribution >= 4 is 37.8 Å². The second-order valence-corrected chi connectivity index (χ2v) is 9.75. The second kappa shape index (κ2) is 9.66. The van der Waals surface area contributed by atoms with E-state index in [9.17, 15) is 18.0 Å². The number of carbonyl (C=O) groups excluding carboxylic acids is 2. The van der Waals surface area contributed by atoms with E-state index in [2.05, 4.69) is 26.6 Å². The van der Waals surface area contributed by atoms with Crippen LogP contribution >= 0.6 is 15.9 Å². The number of hydrogen-bond donors (Lipinski definition) is 2. The molecule has 1 aliphatic heterocycles. The predicted octanol–water partition coefficient (Wildman–Crippen LogP) is 1.74. The third kappa shape index (κ3) is 6.02. The van der Waals surface area contributed by atoms with Gasteiger partial charge in [-0.25, -0.2) is 8.42 Å². The molecule has 1 aliphatic rings. The van der Waals surface area contributed by atoms with Crippen molar-refractivity contribution in [1.29, 1.82) is 0 Å². The van der Waals surface area contributed by atoms with E-state index in [1.54, 1.807) is 38.1 Å². The van der Waals surface area contributed by atoms with Gasteiger partial charge in [-0.3, -0.25) is 9.59 Å². The van der Waals surface area contributed by atoms with Crippen molar-refractivity contribution in [3.8, 4) is 0 Å². The lowest BCUT2D eigenvalue weighted by molar-refractivity contribution is -0.127. The van der Waals surface area contributed by atoms with Gasteiger partial charge in [-0.05, 0) is 37.1 Å². The molecule has 1 saturated heterocycles. The molecule has 0 aliphatic carbocycles. The molecule has 1 unspecified atom stereocenters. The lowest BCUT2D eigenvalue weighted by Gasteiger charge is -2.31. The van der Waals surface area contributed by atoms with Gasteiger partial charge < -0.3 is 10.6 Å². The van der Waals surface area contributed by atoms with Gasteiger partial charge in [0.15, 0.2) is 0 Å². The van der Waals surface area contributed by atoms with Crippen molar-refractivity contribution in [1.82, 2.24) is 14.9 Å². The van der Waals surface area contributed by atoms with Crippen LogP contribution in [0.3, 0.4) is 0 Å². The summed E-state index contributed by atoms with van der Waals surface area (Å²) in [5.41, 5.74) is 0. The van der Waals surface area contributed by atoms with E-state index in [0.29, 0.717) is 32.5 Å². The van der Waals surface area contributed by atoms with Gasteiger partial charge in [0.2, 0.25) is 21.8 Å². The zero-order valence-electron chi connectivity index (χ0n) is 15.6. The summed E-state index contributed by atoms with van der Waals surface area (Å²) in [5, 5.41) is 5.52. The van der Waals surface area contributed by atoms with E-state index in [1.165, 1.54) is 4.31 Å². The van der Waals surface area contributed by atoms with E-state index >= 15 is 0 Å². The maximum Gasteiger partial charge on any atom is 0.243 e. The second-order valence-electron chi connectivity index (χ2n) is 6.89. The van der Waals surface area contributed by atoms with Gasteiger partial charge >= 0.3 is 0 Å². The first kappa shape index (κ1) is 21.8. The van der Waals surface area contributed by atoms with Crippen LogP contribution in [-0.4, -0.2) is 50.7 Å². The molecule has 0 radical (unpaired) electrons. The van der Waals surface area contributed by atoms with E-state index < -0.39 is 10.0 Å². The average molecular weight is 460 g/mol. The average Bonchev–Trinajstić information content (AvgIpc) is 2.65. The van der Waals surface area contributed by atoms with Gasteiger partial charge in [0.05, 0.1) is 10.8 Å². The van der Waals surface area contributed by atoms with Gasteiger partial charge in [-0.1, -0.05) is 29.8 Å². The third-order valence-corrected chi connectivity index (χ3v) is 6.86. The van der Waals surface area contributed by atoms with Crippen LogP contribution in [0.15, 0.2) is 33.6 Å². The Morgan fingerprint density at radius 3 is 2.44 bits per heavy atom. The number of nitrogens with zero attached hydrogens (tertiary/aromatic N) is 1. The van der Waals surface area contributed by atoms with Crippen molar-refractivity contribution in [3.05, 3.63) is 28.7 Å². The summed E-state index contributed by atoms with van der Waals surface area (Å²) in [7, 11) is -3.62. The van der Waals surface area contributed by atoms with Crippen molar-refractivity contribution in [2.75, 3.05) is 26.2 Å². The Morgan fingerprint density at radius 1 is 1.19 bits per heavy atom. The first-order chi connectivity index (χ1) is 12.7. The molecule has 0 aromatic heterocycles. The Morgan fingerprint density at radius 2 is 1.81 bits per heavy atom. The Balaban J connectivity index is 1.90. The van der Waals surface area contributed by atoms with Gasteiger partial charge in [-0.2, -0.15) is 4.31 Å². The molecule has 1 aromatic rings. The molecule has 0 spiro atoms. The SMILES string of the molecule is CC(C)C(=O)NCCNC(=O)C1CCCN(S(=O)(=O)c2ccc(Br)cc2)C1. The van der Waals surface area contributed by atoms with Crippen LogP contribution < -0.4 is 10.6 Å². The molecule has 2 N–H and O–H groups in total. The number of nitrogens with one attached hydrogen (secondary N) is 2. The van der Waals surface area contributed by atoms with Gasteiger partial charge in [-0.15, -0.1) is 0 Å². The number of sulfonamides is 1. The summed E-state index contributed by atoms with van der Waals surface area (Å²) < 4.78 is 27.8. The molecule has 1 atom stereocenters. The normalized spacial score (nSPS) is 18.3. The predicted molar refractivity (Wildman–Crippen MR) is 106 cm³/mol. The number of carbonyl (C=O) groups is 2. The highest BCUT2D eigenvalue weighted by molar-refractivity contribution is 9.10. The molecule has 2 amide bonds. The van der Waals surface area contributed by atoms with E-state index in [1.807, 2.05) is 0 Å². The van der Waals surface area contributed by atoms with E-state index in [4.69, 9.17) is 0 Å². The fourth-order valence-electron chi connectivity index (χ4n) is 2.85. The molecule has 27 heavy (non-hydrogen) atoms. The Bertz CT molecular complexity index is 765. The van der Waals surface area contributed by atoms with Crippen LogP contribution in [0.1, 0.15) is 26.7 Å². The van der Waals surface area contributed by atoms with Crippen molar-refractivity contribution < 1.29 is 18.0 Å². The topological polar surface area (TPSA) is 95.6 Å². The number of piperidine rings is 1. The standard InChI is InChI=1S/C18H26BrN3O4S/c1-13(2)17(23)20-9-10-21-18(24)14-4-3-11-22(12-14)27(25,26)16-7-5-15(19)6-8-16/h5-8,13-14H,3-4,9-12H2,1-2H3,(H,20,23)(H,21,24). The number of benzene rings is 1. The quantitative estimate of drug-likeness (QED) is 0.606. The van der Waals surface area contributed by atoms with Gasteiger partial charge in [0, 0.05) is 36.6 Å². The molecule has 9 heteroatoms. The minimum Gasteiger partial charge on any atom is -0.354 e. The maximum atomic E-state index is 12.8. The highest BCUT2D eigenvalue weighted by atomic mass is 79.9. The molecule has 1 fully saturated rings. The molecular weight excluding hydrogens is 434 g/mol. The molecule has 7 nitrogen and oxygen atoms in total. The molecule has 1 heterocycles. The van der Waals surface area contributed by atoms with Crippen molar-refractivity contribution in [2.45, 2.75) is 31.6 Å². The summed E-state index contributed by atoms with van der Waals surface area (Å²) in [4.78, 5) is 24.1. The number of halogens is 1. The van der Waals surface area contributed by atoms with Crippen LogP contribution in [0.4, 0.5) is 0 Å². The van der Waals surface area contributed by atoms with Crippen LogP contribution in [0.2, 0.25) is 0 Å². The number of rotatable bonds is 7. The van der Waals surface area contributed by atoms with Crippen molar-refractivity contribution in [2.24, 2.45) is 11.8 Å². The fraction of sp³-hybridized carbons (Fsp3) is 0.556. The minimum absolute atomic E-state index is 0.0614. The summed E-state index contributed by atoms with van der Waals surface area (Å²) >= 11 is 3.30. The minimum atomic E-state index is -3.62. The van der Waals surface area contributed by atoms with Crippen LogP contribution in [0, 0.1) is 11.8 Å². The van der Waals surface area contributed by atoms with E-state index in [-0.39, 0.29) is 35.1 Å². The first-order valence-electron chi connectivity index (χ1n) is 9.03. The maximum absolute atomic E-state index is 12.8. The zero-order valence-corrected chi connectivity index (χ0v) is 18.0.